The maximum absolute atomic E-state index is 14.7. The summed E-state index contributed by atoms with van der Waals surface area (Å²) in [6.45, 7) is 2.02. The SMILES string of the molecule is COc1cccc(C(=O)[C@@H]2[C@H](C(=O)c3cccs3)[C@@]3(C(=O)Nc4ccccc43)[C@H]3C=C(C)c4ccccc4N23)c1. The van der Waals surface area contributed by atoms with Gasteiger partial charge in [-0.1, -0.05) is 60.7 Å². The number of methoxy groups -OCH3 is 1. The fourth-order valence-electron chi connectivity index (χ4n) is 6.91. The number of hydrogen-bond donors (Lipinski definition) is 1. The molecular formula is C33H26N2O4S. The second kappa shape index (κ2) is 9.03. The van der Waals surface area contributed by atoms with Gasteiger partial charge in [0.25, 0.3) is 0 Å². The average Bonchev–Trinajstić information content (AvgIpc) is 3.70. The van der Waals surface area contributed by atoms with E-state index in [1.165, 1.54) is 11.3 Å². The maximum atomic E-state index is 14.7. The van der Waals surface area contributed by atoms with Crippen LogP contribution in [0.15, 0.2) is 96.4 Å². The number of anilines is 2. The zero-order valence-electron chi connectivity index (χ0n) is 22.0. The molecule has 1 spiro atoms. The van der Waals surface area contributed by atoms with Gasteiger partial charge in [0.05, 0.1) is 23.9 Å². The number of para-hydroxylation sites is 2. The first-order valence-corrected chi connectivity index (χ1v) is 14.1. The molecule has 7 heteroatoms. The normalized spacial score (nSPS) is 24.1. The number of carbonyl (C=O) groups excluding carboxylic acids is 3. The smallest absolute Gasteiger partial charge is 0.238 e. The molecule has 1 fully saturated rings. The second-order valence-corrected chi connectivity index (χ2v) is 11.4. The fourth-order valence-corrected chi connectivity index (χ4v) is 7.61. The van der Waals surface area contributed by atoms with Gasteiger partial charge in [0.2, 0.25) is 5.91 Å². The summed E-state index contributed by atoms with van der Waals surface area (Å²) in [5, 5.41) is 4.92. The van der Waals surface area contributed by atoms with Gasteiger partial charge in [0.15, 0.2) is 11.6 Å². The van der Waals surface area contributed by atoms with Crippen LogP contribution in [0.3, 0.4) is 0 Å². The zero-order chi connectivity index (χ0) is 27.6. The molecule has 6 nitrogen and oxygen atoms in total. The Labute approximate surface area is 235 Å². The molecule has 4 atom stereocenters. The number of rotatable bonds is 5. The molecule has 4 heterocycles. The number of ketones is 2. The van der Waals surface area contributed by atoms with Crippen LogP contribution >= 0.6 is 11.3 Å². The lowest BCUT2D eigenvalue weighted by Gasteiger charge is -2.39. The molecule has 4 aromatic rings. The Kier molecular flexibility index (Phi) is 5.54. The van der Waals surface area contributed by atoms with Crippen LogP contribution in [-0.2, 0) is 10.2 Å². The highest BCUT2D eigenvalue weighted by molar-refractivity contribution is 7.12. The molecule has 0 radical (unpaired) electrons. The van der Waals surface area contributed by atoms with Gasteiger partial charge in [-0.3, -0.25) is 14.4 Å². The van der Waals surface area contributed by atoms with Gasteiger partial charge in [-0.2, -0.15) is 0 Å². The molecule has 0 bridgehead atoms. The Hall–Kier alpha value is -4.49. The van der Waals surface area contributed by atoms with Crippen molar-refractivity contribution in [1.29, 1.82) is 0 Å². The van der Waals surface area contributed by atoms with E-state index in [1.54, 1.807) is 37.4 Å². The molecule has 3 aliphatic rings. The number of thiophene rings is 1. The predicted molar refractivity (Wildman–Crippen MR) is 156 cm³/mol. The lowest BCUT2D eigenvalue weighted by Crippen LogP contribution is -2.51. The van der Waals surface area contributed by atoms with Crippen molar-refractivity contribution in [2.75, 3.05) is 17.3 Å². The van der Waals surface area contributed by atoms with Crippen LogP contribution in [0.2, 0.25) is 0 Å². The molecule has 3 aliphatic heterocycles. The first-order chi connectivity index (χ1) is 19.5. The molecule has 0 unspecified atom stereocenters. The molecule has 1 saturated heterocycles. The number of ether oxygens (including phenoxy) is 1. The van der Waals surface area contributed by atoms with E-state index in [0.29, 0.717) is 21.9 Å². The van der Waals surface area contributed by atoms with Crippen molar-refractivity contribution in [3.8, 4) is 5.75 Å². The highest BCUT2D eigenvalue weighted by atomic mass is 32.1. The molecule has 0 saturated carbocycles. The molecule has 1 amide bonds. The van der Waals surface area contributed by atoms with Gasteiger partial charge < -0.3 is 15.0 Å². The van der Waals surface area contributed by atoms with Crippen molar-refractivity contribution in [2.24, 2.45) is 5.92 Å². The number of hydrogen-bond acceptors (Lipinski definition) is 6. The summed E-state index contributed by atoms with van der Waals surface area (Å²) >= 11 is 1.33. The summed E-state index contributed by atoms with van der Waals surface area (Å²) in [4.78, 5) is 46.3. The van der Waals surface area contributed by atoms with E-state index in [-0.39, 0.29) is 17.5 Å². The zero-order valence-corrected chi connectivity index (χ0v) is 22.8. The average molecular weight is 547 g/mol. The summed E-state index contributed by atoms with van der Waals surface area (Å²) in [5.41, 5.74) is 3.36. The molecule has 1 N–H and O–H groups in total. The van der Waals surface area contributed by atoms with E-state index in [9.17, 15) is 14.4 Å². The quantitative estimate of drug-likeness (QED) is 0.311. The Morgan fingerprint density at radius 2 is 1.75 bits per heavy atom. The van der Waals surface area contributed by atoms with Gasteiger partial charge in [-0.15, -0.1) is 11.3 Å². The summed E-state index contributed by atoms with van der Waals surface area (Å²) in [5.74, 6) is -1.12. The molecule has 40 heavy (non-hydrogen) atoms. The van der Waals surface area contributed by atoms with Crippen LogP contribution in [0.1, 0.15) is 38.1 Å². The van der Waals surface area contributed by atoms with E-state index < -0.39 is 23.4 Å². The molecule has 1 aromatic heterocycles. The topological polar surface area (TPSA) is 75.7 Å². The Morgan fingerprint density at radius 1 is 0.950 bits per heavy atom. The summed E-state index contributed by atoms with van der Waals surface area (Å²) in [6.07, 6.45) is 2.07. The first-order valence-electron chi connectivity index (χ1n) is 13.2. The van der Waals surface area contributed by atoms with Crippen molar-refractivity contribution < 1.29 is 19.1 Å². The van der Waals surface area contributed by atoms with Crippen LogP contribution in [-0.4, -0.2) is 36.7 Å². The van der Waals surface area contributed by atoms with Crippen LogP contribution in [0.25, 0.3) is 5.57 Å². The minimum absolute atomic E-state index is 0.207. The third kappa shape index (κ3) is 3.24. The van der Waals surface area contributed by atoms with Crippen molar-refractivity contribution in [1.82, 2.24) is 0 Å². The maximum Gasteiger partial charge on any atom is 0.238 e. The lowest BCUT2D eigenvalue weighted by atomic mass is 9.64. The highest BCUT2D eigenvalue weighted by Crippen LogP contribution is 2.59. The van der Waals surface area contributed by atoms with Crippen molar-refractivity contribution in [3.63, 3.8) is 0 Å². The third-order valence-corrected chi connectivity index (χ3v) is 9.44. The molecule has 7 rings (SSSR count). The van der Waals surface area contributed by atoms with E-state index in [0.717, 1.165) is 22.4 Å². The van der Waals surface area contributed by atoms with Gasteiger partial charge in [0, 0.05) is 22.5 Å². The van der Waals surface area contributed by atoms with Gasteiger partial charge >= 0.3 is 0 Å². The Balaban J connectivity index is 1.55. The van der Waals surface area contributed by atoms with E-state index in [4.69, 9.17) is 4.74 Å². The van der Waals surface area contributed by atoms with Crippen LogP contribution in [0, 0.1) is 5.92 Å². The minimum atomic E-state index is -1.31. The van der Waals surface area contributed by atoms with Gasteiger partial charge in [-0.05, 0) is 53.8 Å². The summed E-state index contributed by atoms with van der Waals surface area (Å²) in [7, 11) is 1.56. The number of benzene rings is 3. The molecule has 0 aliphatic carbocycles. The standard InChI is InChI=1S/C33H26N2O4S/c1-19-17-27-33(23-12-4-5-13-24(23)34-32(33)38)28(31(37)26-15-8-16-40-26)29(35(27)25-14-6-3-11-22(19)25)30(36)20-9-7-10-21(18-20)39-2/h3-18,27-29H,1-2H3,(H,34,38)/t27-,28-,29+,33+/m1/s1. The van der Waals surface area contributed by atoms with Crippen molar-refractivity contribution >= 4 is 45.8 Å². The molecule has 198 valence electrons. The first kappa shape index (κ1) is 24.5. The number of allylic oxidation sites excluding steroid dienone is 1. The number of carbonyl (C=O) groups is 3. The fraction of sp³-hybridized carbons (Fsp3) is 0.182. The van der Waals surface area contributed by atoms with Gasteiger partial charge in [-0.25, -0.2) is 0 Å². The number of Topliss-reactive ketones (excluding diaryl/α,β-unsaturated/α-hetero) is 2. The number of nitrogens with zero attached hydrogens (tertiary/aromatic N) is 1. The lowest BCUT2D eigenvalue weighted by molar-refractivity contribution is -0.121. The largest absolute Gasteiger partial charge is 0.497 e. The third-order valence-electron chi connectivity index (χ3n) is 8.55. The van der Waals surface area contributed by atoms with Gasteiger partial charge in [0.1, 0.15) is 17.2 Å². The van der Waals surface area contributed by atoms with Crippen LogP contribution in [0.4, 0.5) is 11.4 Å². The van der Waals surface area contributed by atoms with Crippen LogP contribution in [0.5, 0.6) is 5.75 Å². The second-order valence-electron chi connectivity index (χ2n) is 10.4. The number of nitrogens with one attached hydrogen (secondary N) is 1. The van der Waals surface area contributed by atoms with E-state index in [2.05, 4.69) is 11.4 Å². The predicted octanol–water partition coefficient (Wildman–Crippen LogP) is 6.00. The van der Waals surface area contributed by atoms with E-state index >= 15 is 0 Å². The highest BCUT2D eigenvalue weighted by Gasteiger charge is 2.70. The summed E-state index contributed by atoms with van der Waals surface area (Å²) in [6, 6.07) is 24.6. The van der Waals surface area contributed by atoms with Crippen LogP contribution < -0.4 is 15.0 Å². The molecule has 3 aromatic carbocycles. The number of amides is 1. The van der Waals surface area contributed by atoms with E-state index in [1.807, 2.05) is 71.8 Å². The Bertz CT molecular complexity index is 1730. The number of fused-ring (bicyclic) bond motifs is 6. The molecular weight excluding hydrogens is 520 g/mol. The monoisotopic (exact) mass is 546 g/mol. The van der Waals surface area contributed by atoms with Crippen molar-refractivity contribution in [2.45, 2.75) is 24.4 Å². The minimum Gasteiger partial charge on any atom is -0.497 e. The summed E-state index contributed by atoms with van der Waals surface area (Å²) < 4.78 is 5.43. The van der Waals surface area contributed by atoms with Crippen molar-refractivity contribution in [3.05, 3.63) is 118 Å². The Morgan fingerprint density at radius 3 is 2.55 bits per heavy atom.